The van der Waals surface area contributed by atoms with Crippen LogP contribution in [-0.2, 0) is 0 Å². The molecule has 2 fully saturated rings. The van der Waals surface area contributed by atoms with Gasteiger partial charge in [-0.1, -0.05) is 33.6 Å². The maximum Gasteiger partial charge on any atom is 0.00675 e. The second-order valence-corrected chi connectivity index (χ2v) is 7.30. The highest BCUT2D eigenvalue weighted by Crippen LogP contribution is 2.40. The lowest BCUT2D eigenvalue weighted by Crippen LogP contribution is -2.40. The summed E-state index contributed by atoms with van der Waals surface area (Å²) in [6, 6.07) is 0.823. The second-order valence-electron chi connectivity index (χ2n) is 7.30. The van der Waals surface area contributed by atoms with Gasteiger partial charge < -0.3 is 5.32 Å². The highest BCUT2D eigenvalue weighted by Gasteiger charge is 2.32. The average molecular weight is 251 g/mol. The molecule has 0 saturated heterocycles. The van der Waals surface area contributed by atoms with Crippen molar-refractivity contribution in [2.45, 2.75) is 84.6 Å². The van der Waals surface area contributed by atoms with Crippen molar-refractivity contribution in [3.63, 3.8) is 0 Å². The van der Waals surface area contributed by atoms with Crippen LogP contribution in [0.15, 0.2) is 0 Å². The fourth-order valence-corrected chi connectivity index (χ4v) is 4.13. The van der Waals surface area contributed by atoms with Crippen molar-refractivity contribution < 1.29 is 0 Å². The van der Waals surface area contributed by atoms with Crippen LogP contribution < -0.4 is 5.32 Å². The molecule has 0 amide bonds. The van der Waals surface area contributed by atoms with Crippen LogP contribution in [-0.4, -0.2) is 12.6 Å². The van der Waals surface area contributed by atoms with Gasteiger partial charge in [-0.05, 0) is 62.2 Å². The van der Waals surface area contributed by atoms with E-state index in [1.54, 1.807) is 0 Å². The molecule has 2 saturated carbocycles. The van der Waals surface area contributed by atoms with Crippen molar-refractivity contribution in [1.82, 2.24) is 5.32 Å². The first-order valence-electron chi connectivity index (χ1n) is 8.38. The first-order chi connectivity index (χ1) is 8.65. The van der Waals surface area contributed by atoms with Gasteiger partial charge in [0.25, 0.3) is 0 Å². The van der Waals surface area contributed by atoms with E-state index in [0.29, 0.717) is 5.41 Å². The van der Waals surface area contributed by atoms with E-state index in [1.165, 1.54) is 64.3 Å². The third-order valence-corrected chi connectivity index (χ3v) is 5.89. The molecule has 1 nitrogen and oxygen atoms in total. The molecule has 0 unspecified atom stereocenters. The normalized spacial score (nSPS) is 32.0. The largest absolute Gasteiger partial charge is 0.313 e. The van der Waals surface area contributed by atoms with Crippen molar-refractivity contribution in [3.8, 4) is 0 Å². The Morgan fingerprint density at radius 2 is 1.67 bits per heavy atom. The smallest absolute Gasteiger partial charge is 0.00675 e. The summed E-state index contributed by atoms with van der Waals surface area (Å²) >= 11 is 0. The highest BCUT2D eigenvalue weighted by molar-refractivity contribution is 4.88. The van der Waals surface area contributed by atoms with Crippen LogP contribution in [0.5, 0.6) is 0 Å². The van der Waals surface area contributed by atoms with Crippen LogP contribution in [0.4, 0.5) is 0 Å². The molecule has 0 aromatic carbocycles. The molecule has 0 radical (unpaired) electrons. The molecular weight excluding hydrogens is 218 g/mol. The van der Waals surface area contributed by atoms with Gasteiger partial charge in [0, 0.05) is 12.6 Å². The first-order valence-corrected chi connectivity index (χ1v) is 8.38. The molecule has 2 rings (SSSR count). The zero-order valence-corrected chi connectivity index (χ0v) is 12.8. The maximum absolute atomic E-state index is 3.91. The summed E-state index contributed by atoms with van der Waals surface area (Å²) in [7, 11) is 0. The van der Waals surface area contributed by atoms with Gasteiger partial charge in [0.05, 0.1) is 0 Å². The Bertz CT molecular complexity index is 232. The van der Waals surface area contributed by atoms with E-state index in [-0.39, 0.29) is 0 Å². The quantitative estimate of drug-likeness (QED) is 0.743. The first kappa shape index (κ1) is 14.4. The molecule has 0 bridgehead atoms. The van der Waals surface area contributed by atoms with Crippen LogP contribution in [0.1, 0.15) is 78.6 Å². The van der Waals surface area contributed by atoms with Crippen molar-refractivity contribution in [2.24, 2.45) is 17.3 Å². The molecule has 2 aliphatic rings. The van der Waals surface area contributed by atoms with Crippen LogP contribution >= 0.6 is 0 Å². The topological polar surface area (TPSA) is 12.0 Å². The molecule has 1 N–H and O–H groups in total. The van der Waals surface area contributed by atoms with E-state index in [0.717, 1.165) is 17.9 Å². The molecule has 0 atom stereocenters. The third-order valence-electron chi connectivity index (χ3n) is 5.89. The van der Waals surface area contributed by atoms with E-state index >= 15 is 0 Å². The standard InChI is InChI=1S/C17H33N/c1-4-17(11-5-6-12-17)13-18-16-9-7-15(8-10-16)14(2)3/h14-16,18H,4-13H2,1-3H3. The van der Waals surface area contributed by atoms with Crippen LogP contribution in [0.3, 0.4) is 0 Å². The van der Waals surface area contributed by atoms with Gasteiger partial charge in [-0.25, -0.2) is 0 Å². The zero-order valence-electron chi connectivity index (χ0n) is 12.8. The maximum atomic E-state index is 3.91. The van der Waals surface area contributed by atoms with Gasteiger partial charge in [-0.3, -0.25) is 0 Å². The number of nitrogens with one attached hydrogen (secondary N) is 1. The Morgan fingerprint density at radius 1 is 1.06 bits per heavy atom. The van der Waals surface area contributed by atoms with Gasteiger partial charge in [0.2, 0.25) is 0 Å². The number of rotatable bonds is 5. The minimum absolute atomic E-state index is 0.662. The molecular formula is C17H33N. The molecule has 18 heavy (non-hydrogen) atoms. The molecule has 0 aliphatic heterocycles. The lowest BCUT2D eigenvalue weighted by atomic mass is 9.78. The monoisotopic (exact) mass is 251 g/mol. The fraction of sp³-hybridized carbons (Fsp3) is 1.00. The van der Waals surface area contributed by atoms with Gasteiger partial charge in [-0.2, -0.15) is 0 Å². The van der Waals surface area contributed by atoms with Crippen molar-refractivity contribution in [3.05, 3.63) is 0 Å². The summed E-state index contributed by atoms with van der Waals surface area (Å²) in [5.41, 5.74) is 0.662. The van der Waals surface area contributed by atoms with E-state index in [1.807, 2.05) is 0 Å². The van der Waals surface area contributed by atoms with Crippen molar-refractivity contribution >= 4 is 0 Å². The Balaban J connectivity index is 1.71. The summed E-state index contributed by atoms with van der Waals surface area (Å²) in [4.78, 5) is 0. The molecule has 0 spiro atoms. The molecule has 0 aromatic rings. The van der Waals surface area contributed by atoms with Gasteiger partial charge in [0.1, 0.15) is 0 Å². The summed E-state index contributed by atoms with van der Waals surface area (Å²) < 4.78 is 0. The predicted octanol–water partition coefficient (Wildman–Crippen LogP) is 4.76. The highest BCUT2D eigenvalue weighted by atomic mass is 14.9. The van der Waals surface area contributed by atoms with E-state index < -0.39 is 0 Å². The molecule has 106 valence electrons. The third kappa shape index (κ3) is 3.50. The van der Waals surface area contributed by atoms with Gasteiger partial charge in [-0.15, -0.1) is 0 Å². The Kier molecular flexibility index (Phi) is 5.12. The Morgan fingerprint density at radius 3 is 2.17 bits per heavy atom. The molecule has 0 aromatic heterocycles. The fourth-order valence-electron chi connectivity index (χ4n) is 4.13. The summed E-state index contributed by atoms with van der Waals surface area (Å²) in [5, 5.41) is 3.91. The van der Waals surface area contributed by atoms with Crippen LogP contribution in [0.2, 0.25) is 0 Å². The minimum Gasteiger partial charge on any atom is -0.313 e. The zero-order chi connectivity index (χ0) is 13.0. The van der Waals surface area contributed by atoms with Crippen molar-refractivity contribution in [1.29, 1.82) is 0 Å². The number of hydrogen-bond donors (Lipinski definition) is 1. The Labute approximate surface area is 114 Å². The lowest BCUT2D eigenvalue weighted by Gasteiger charge is -2.35. The average Bonchev–Trinajstić information content (AvgIpc) is 2.86. The lowest BCUT2D eigenvalue weighted by molar-refractivity contribution is 0.205. The van der Waals surface area contributed by atoms with Gasteiger partial charge in [0.15, 0.2) is 0 Å². The molecule has 2 aliphatic carbocycles. The van der Waals surface area contributed by atoms with Crippen LogP contribution in [0.25, 0.3) is 0 Å². The summed E-state index contributed by atoms with van der Waals surface area (Å²) in [6.45, 7) is 8.47. The van der Waals surface area contributed by atoms with Crippen molar-refractivity contribution in [2.75, 3.05) is 6.54 Å². The van der Waals surface area contributed by atoms with Gasteiger partial charge >= 0.3 is 0 Å². The summed E-state index contributed by atoms with van der Waals surface area (Å²) in [6.07, 6.45) is 13.0. The second kappa shape index (κ2) is 6.41. The van der Waals surface area contributed by atoms with E-state index in [9.17, 15) is 0 Å². The van der Waals surface area contributed by atoms with E-state index in [2.05, 4.69) is 26.1 Å². The van der Waals surface area contributed by atoms with E-state index in [4.69, 9.17) is 0 Å². The molecule has 0 heterocycles. The van der Waals surface area contributed by atoms with Crippen LogP contribution in [0, 0.1) is 17.3 Å². The predicted molar refractivity (Wildman–Crippen MR) is 79.8 cm³/mol. The Hall–Kier alpha value is -0.0400. The number of hydrogen-bond acceptors (Lipinski definition) is 1. The SMILES string of the molecule is CCC1(CNC2CCC(C(C)C)CC2)CCCC1. The minimum atomic E-state index is 0.662. The molecule has 1 heteroatoms. The summed E-state index contributed by atoms with van der Waals surface area (Å²) in [5.74, 6) is 1.89.